The highest BCUT2D eigenvalue weighted by atomic mass is 19.1. The summed E-state index contributed by atoms with van der Waals surface area (Å²) in [4.78, 5) is 24.5. The van der Waals surface area contributed by atoms with Gasteiger partial charge < -0.3 is 5.32 Å². The van der Waals surface area contributed by atoms with E-state index in [4.69, 9.17) is 0 Å². The smallest absolute Gasteiger partial charge is 0.221 e. The van der Waals surface area contributed by atoms with Crippen LogP contribution in [0.15, 0.2) is 24.3 Å². The van der Waals surface area contributed by atoms with E-state index in [9.17, 15) is 14.0 Å². The van der Waals surface area contributed by atoms with Gasteiger partial charge in [-0.3, -0.25) is 14.5 Å². The van der Waals surface area contributed by atoms with Crippen molar-refractivity contribution in [3.63, 3.8) is 0 Å². The van der Waals surface area contributed by atoms with Gasteiger partial charge in [0, 0.05) is 20.0 Å². The molecule has 0 aromatic heterocycles. The maximum absolute atomic E-state index is 13.4. The van der Waals surface area contributed by atoms with E-state index >= 15 is 0 Å². The van der Waals surface area contributed by atoms with Gasteiger partial charge in [-0.25, -0.2) is 4.39 Å². The Balaban J connectivity index is 2.50. The number of Topliss-reactive ketones (excluding diaryl/α,β-unsaturated/α-hetero) is 1. The zero-order chi connectivity index (χ0) is 13.5. The first kappa shape index (κ1) is 14.3. The minimum atomic E-state index is -0.512. The molecule has 0 aliphatic carbocycles. The first-order valence-corrected chi connectivity index (χ1v) is 5.71. The Labute approximate surface area is 106 Å². The first-order chi connectivity index (χ1) is 8.54. The van der Waals surface area contributed by atoms with Crippen molar-refractivity contribution in [1.82, 2.24) is 10.2 Å². The highest BCUT2D eigenvalue weighted by Crippen LogP contribution is 2.07. The van der Waals surface area contributed by atoms with Crippen molar-refractivity contribution in [2.45, 2.75) is 6.42 Å². The molecule has 0 bridgehead atoms. The van der Waals surface area contributed by atoms with E-state index in [2.05, 4.69) is 5.32 Å². The fraction of sp³-hybridized carbons (Fsp3) is 0.385. The number of carbonyl (C=O) groups is 2. The van der Waals surface area contributed by atoms with Gasteiger partial charge in [-0.05, 0) is 19.2 Å². The third kappa shape index (κ3) is 4.25. The van der Waals surface area contributed by atoms with Gasteiger partial charge in [0.05, 0.1) is 12.1 Å². The average Bonchev–Trinajstić information content (AvgIpc) is 2.36. The van der Waals surface area contributed by atoms with E-state index in [0.717, 1.165) is 0 Å². The summed E-state index contributed by atoms with van der Waals surface area (Å²) in [6.07, 6.45) is 0.317. The number of nitrogens with zero attached hydrogens (tertiary/aromatic N) is 1. The molecular weight excluding hydrogens is 235 g/mol. The lowest BCUT2D eigenvalue weighted by molar-refractivity contribution is -0.120. The number of halogens is 1. The number of amides is 1. The number of nitrogens with one attached hydrogen (secondary N) is 1. The molecule has 0 atom stereocenters. The van der Waals surface area contributed by atoms with Crippen molar-refractivity contribution in [2.75, 3.05) is 27.2 Å². The molecular formula is C13H17FN2O2. The number of likely N-dealkylation sites (N-methyl/N-ethyl adjacent to an activating group) is 1. The van der Waals surface area contributed by atoms with Crippen LogP contribution in [0.4, 0.5) is 4.39 Å². The van der Waals surface area contributed by atoms with E-state index in [1.807, 2.05) is 0 Å². The number of benzene rings is 1. The van der Waals surface area contributed by atoms with E-state index in [0.29, 0.717) is 13.0 Å². The van der Waals surface area contributed by atoms with E-state index in [-0.39, 0.29) is 23.8 Å². The Morgan fingerprint density at radius 1 is 1.33 bits per heavy atom. The molecule has 0 saturated carbocycles. The summed E-state index contributed by atoms with van der Waals surface area (Å²) in [5.41, 5.74) is 0.0873. The maximum atomic E-state index is 13.4. The number of ketones is 1. The second kappa shape index (κ2) is 6.86. The lowest BCUT2D eigenvalue weighted by atomic mass is 10.1. The minimum absolute atomic E-state index is 0.0832. The summed E-state index contributed by atoms with van der Waals surface area (Å²) in [6.45, 7) is 0.553. The molecule has 0 saturated heterocycles. The summed E-state index contributed by atoms with van der Waals surface area (Å²) in [5, 5.41) is 2.50. The first-order valence-electron chi connectivity index (χ1n) is 5.71. The van der Waals surface area contributed by atoms with Crippen LogP contribution < -0.4 is 5.32 Å². The molecule has 98 valence electrons. The summed E-state index contributed by atoms with van der Waals surface area (Å²) < 4.78 is 13.4. The van der Waals surface area contributed by atoms with Crippen LogP contribution in [0.5, 0.6) is 0 Å². The Hall–Kier alpha value is -1.75. The molecule has 1 amide bonds. The van der Waals surface area contributed by atoms with E-state index in [1.54, 1.807) is 31.1 Å². The van der Waals surface area contributed by atoms with Gasteiger partial charge in [0.2, 0.25) is 5.91 Å². The molecule has 0 aliphatic rings. The van der Waals surface area contributed by atoms with Gasteiger partial charge in [-0.15, -0.1) is 0 Å². The normalized spacial score (nSPS) is 10.4. The van der Waals surface area contributed by atoms with Crippen molar-refractivity contribution in [1.29, 1.82) is 0 Å². The highest BCUT2D eigenvalue weighted by molar-refractivity contribution is 5.97. The Morgan fingerprint density at radius 2 is 2.00 bits per heavy atom. The molecule has 18 heavy (non-hydrogen) atoms. The van der Waals surface area contributed by atoms with Gasteiger partial charge in [-0.2, -0.15) is 0 Å². The lowest BCUT2D eigenvalue weighted by Gasteiger charge is -2.15. The number of carbonyl (C=O) groups excluding carboxylic acids is 2. The lowest BCUT2D eigenvalue weighted by Crippen LogP contribution is -2.30. The molecule has 0 unspecified atom stereocenters. The predicted molar refractivity (Wildman–Crippen MR) is 66.9 cm³/mol. The van der Waals surface area contributed by atoms with Crippen LogP contribution in [0.1, 0.15) is 16.8 Å². The van der Waals surface area contributed by atoms with Gasteiger partial charge in [0.15, 0.2) is 5.78 Å². The molecule has 4 nitrogen and oxygen atoms in total. The Kier molecular flexibility index (Phi) is 5.45. The number of hydrogen-bond donors (Lipinski definition) is 1. The van der Waals surface area contributed by atoms with Crippen LogP contribution in [0, 0.1) is 5.82 Å². The standard InChI is InChI=1S/C13H17FN2O2/c1-15-13(18)7-8-16(2)9-12(17)10-5-3-4-6-11(10)14/h3-6H,7-9H2,1-2H3,(H,15,18). The third-order valence-electron chi connectivity index (χ3n) is 2.59. The largest absolute Gasteiger partial charge is 0.359 e. The zero-order valence-electron chi connectivity index (χ0n) is 10.6. The van der Waals surface area contributed by atoms with Crippen molar-refractivity contribution in [3.05, 3.63) is 35.6 Å². The molecule has 0 heterocycles. The van der Waals surface area contributed by atoms with Crippen molar-refractivity contribution < 1.29 is 14.0 Å². The van der Waals surface area contributed by atoms with Crippen LogP contribution in [0.3, 0.4) is 0 Å². The minimum Gasteiger partial charge on any atom is -0.359 e. The molecule has 0 spiro atoms. The fourth-order valence-electron chi connectivity index (χ4n) is 1.51. The summed E-state index contributed by atoms with van der Waals surface area (Å²) >= 11 is 0. The van der Waals surface area contributed by atoms with Crippen molar-refractivity contribution in [3.8, 4) is 0 Å². The van der Waals surface area contributed by atoms with Crippen molar-refractivity contribution >= 4 is 11.7 Å². The van der Waals surface area contributed by atoms with Crippen LogP contribution in [0.25, 0.3) is 0 Å². The fourth-order valence-corrected chi connectivity index (χ4v) is 1.51. The maximum Gasteiger partial charge on any atom is 0.221 e. The summed E-state index contributed by atoms with van der Waals surface area (Å²) in [5.74, 6) is -0.880. The number of rotatable bonds is 6. The molecule has 0 radical (unpaired) electrons. The Bertz CT molecular complexity index is 435. The van der Waals surface area contributed by atoms with Gasteiger partial charge >= 0.3 is 0 Å². The van der Waals surface area contributed by atoms with E-state index in [1.165, 1.54) is 12.1 Å². The molecule has 1 aromatic rings. The van der Waals surface area contributed by atoms with Crippen LogP contribution in [-0.4, -0.2) is 43.8 Å². The second-order valence-electron chi connectivity index (χ2n) is 4.06. The topological polar surface area (TPSA) is 49.4 Å². The second-order valence-corrected chi connectivity index (χ2v) is 4.06. The molecule has 0 fully saturated rings. The SMILES string of the molecule is CNC(=O)CCN(C)CC(=O)c1ccccc1F. The molecule has 1 aromatic carbocycles. The Morgan fingerprint density at radius 3 is 2.61 bits per heavy atom. The zero-order valence-corrected chi connectivity index (χ0v) is 10.6. The molecule has 1 rings (SSSR count). The third-order valence-corrected chi connectivity index (χ3v) is 2.59. The molecule has 1 N–H and O–H groups in total. The van der Waals surface area contributed by atoms with Crippen LogP contribution in [-0.2, 0) is 4.79 Å². The van der Waals surface area contributed by atoms with Gasteiger partial charge in [0.25, 0.3) is 0 Å². The monoisotopic (exact) mass is 252 g/mol. The van der Waals surface area contributed by atoms with Crippen molar-refractivity contribution in [2.24, 2.45) is 0 Å². The van der Waals surface area contributed by atoms with Crippen LogP contribution >= 0.6 is 0 Å². The summed E-state index contributed by atoms with van der Waals surface area (Å²) in [7, 11) is 3.29. The highest BCUT2D eigenvalue weighted by Gasteiger charge is 2.13. The van der Waals surface area contributed by atoms with E-state index < -0.39 is 5.82 Å². The van der Waals surface area contributed by atoms with Gasteiger partial charge in [0.1, 0.15) is 5.82 Å². The average molecular weight is 252 g/mol. The molecule has 0 aliphatic heterocycles. The summed E-state index contributed by atoms with van der Waals surface area (Å²) in [6, 6.07) is 5.89. The van der Waals surface area contributed by atoms with Gasteiger partial charge in [-0.1, -0.05) is 12.1 Å². The van der Waals surface area contributed by atoms with Crippen LogP contribution in [0.2, 0.25) is 0 Å². The number of hydrogen-bond acceptors (Lipinski definition) is 3. The predicted octanol–water partition coefficient (Wildman–Crippen LogP) is 1.08. The quantitative estimate of drug-likeness (QED) is 0.771. The molecule has 5 heteroatoms.